The first-order chi connectivity index (χ1) is 10.9. The van der Waals surface area contributed by atoms with E-state index < -0.39 is 5.95 Å². The number of carbonyl (C=O) groups is 2. The van der Waals surface area contributed by atoms with Gasteiger partial charge in [0.25, 0.3) is 5.91 Å². The minimum absolute atomic E-state index is 0.00754. The van der Waals surface area contributed by atoms with Crippen LogP contribution in [0.2, 0.25) is 0 Å². The molecule has 7 heteroatoms. The quantitative estimate of drug-likeness (QED) is 0.782. The van der Waals surface area contributed by atoms with Crippen LogP contribution in [0.4, 0.5) is 9.18 Å². The minimum atomic E-state index is -0.746. The highest BCUT2D eigenvalue weighted by Crippen LogP contribution is 2.30. The molecular formula is C16H20FN3O3. The molecule has 2 aliphatic heterocycles. The summed E-state index contributed by atoms with van der Waals surface area (Å²) in [5.74, 6) is -1.10. The van der Waals surface area contributed by atoms with Gasteiger partial charge in [-0.25, -0.2) is 9.78 Å². The van der Waals surface area contributed by atoms with Crippen molar-refractivity contribution in [3.63, 3.8) is 0 Å². The Morgan fingerprint density at radius 1 is 1.39 bits per heavy atom. The van der Waals surface area contributed by atoms with E-state index in [9.17, 15) is 14.0 Å². The van der Waals surface area contributed by atoms with E-state index in [-0.39, 0.29) is 29.1 Å². The molecule has 1 aromatic heterocycles. The van der Waals surface area contributed by atoms with Crippen molar-refractivity contribution in [2.24, 2.45) is 0 Å². The normalized spacial score (nSPS) is 21.4. The zero-order chi connectivity index (χ0) is 16.6. The van der Waals surface area contributed by atoms with Gasteiger partial charge in [0.2, 0.25) is 5.95 Å². The molecule has 124 valence electrons. The number of ether oxygens (including phenoxy) is 1. The molecule has 1 aromatic rings. The van der Waals surface area contributed by atoms with Crippen molar-refractivity contribution in [2.45, 2.75) is 38.3 Å². The average Bonchev–Trinajstić information content (AvgIpc) is 2.81. The second-order valence-corrected chi connectivity index (χ2v) is 6.60. The van der Waals surface area contributed by atoms with Crippen LogP contribution in [0.15, 0.2) is 18.3 Å². The number of hydrogen-bond acceptors (Lipinski definition) is 4. The number of likely N-dealkylation sites (tertiary alicyclic amines) is 1. The molecule has 2 fully saturated rings. The highest BCUT2D eigenvalue weighted by atomic mass is 19.1. The van der Waals surface area contributed by atoms with Gasteiger partial charge in [0.1, 0.15) is 6.61 Å². The molecule has 23 heavy (non-hydrogen) atoms. The van der Waals surface area contributed by atoms with E-state index in [4.69, 9.17) is 4.74 Å². The topological polar surface area (TPSA) is 62.7 Å². The summed E-state index contributed by atoms with van der Waals surface area (Å²) in [7, 11) is 0. The van der Waals surface area contributed by atoms with Crippen LogP contribution in [-0.4, -0.2) is 58.1 Å². The third-order valence-corrected chi connectivity index (χ3v) is 4.50. The molecule has 0 unspecified atom stereocenters. The Hall–Kier alpha value is -2.18. The summed E-state index contributed by atoms with van der Waals surface area (Å²) in [4.78, 5) is 31.2. The smallest absolute Gasteiger partial charge is 0.410 e. The first kappa shape index (κ1) is 15.7. The van der Waals surface area contributed by atoms with Crippen LogP contribution < -0.4 is 0 Å². The van der Waals surface area contributed by atoms with Crippen molar-refractivity contribution in [3.8, 4) is 0 Å². The van der Waals surface area contributed by atoms with Crippen molar-refractivity contribution in [1.82, 2.24) is 14.8 Å². The molecule has 0 saturated carbocycles. The zero-order valence-corrected chi connectivity index (χ0v) is 13.3. The molecule has 0 atom stereocenters. The fourth-order valence-electron chi connectivity index (χ4n) is 3.31. The molecule has 0 bridgehead atoms. The summed E-state index contributed by atoms with van der Waals surface area (Å²) in [6.07, 6.45) is 2.34. The monoisotopic (exact) mass is 321 g/mol. The number of halogens is 1. The van der Waals surface area contributed by atoms with Crippen LogP contribution in [0.1, 0.15) is 37.0 Å². The minimum Gasteiger partial charge on any atom is -0.447 e. The van der Waals surface area contributed by atoms with Gasteiger partial charge in [0.15, 0.2) is 0 Å². The first-order valence-electron chi connectivity index (χ1n) is 7.76. The van der Waals surface area contributed by atoms with Crippen LogP contribution in [0, 0.1) is 5.95 Å². The van der Waals surface area contributed by atoms with Gasteiger partial charge >= 0.3 is 6.09 Å². The SMILES string of the molecule is CC1(C)COC(=O)N1C1CCN(C(=O)c2cccnc2F)CC1. The Labute approximate surface area is 134 Å². The Bertz CT molecular complexity index is 627. The number of hydrogen-bond donors (Lipinski definition) is 0. The van der Waals surface area contributed by atoms with E-state index >= 15 is 0 Å². The number of piperidine rings is 1. The Morgan fingerprint density at radius 2 is 2.09 bits per heavy atom. The van der Waals surface area contributed by atoms with E-state index in [1.54, 1.807) is 15.9 Å². The molecule has 2 saturated heterocycles. The molecule has 2 amide bonds. The molecule has 3 rings (SSSR count). The van der Waals surface area contributed by atoms with Crippen molar-refractivity contribution in [3.05, 3.63) is 29.8 Å². The number of amides is 2. The number of nitrogens with zero attached hydrogens (tertiary/aromatic N) is 3. The van der Waals surface area contributed by atoms with Crippen molar-refractivity contribution >= 4 is 12.0 Å². The zero-order valence-electron chi connectivity index (χ0n) is 13.3. The average molecular weight is 321 g/mol. The fraction of sp³-hybridized carbons (Fsp3) is 0.562. The van der Waals surface area contributed by atoms with Crippen molar-refractivity contribution in [1.29, 1.82) is 0 Å². The van der Waals surface area contributed by atoms with Gasteiger partial charge in [0.05, 0.1) is 11.1 Å². The van der Waals surface area contributed by atoms with E-state index in [0.717, 1.165) is 0 Å². The Kier molecular flexibility index (Phi) is 3.95. The van der Waals surface area contributed by atoms with E-state index in [1.807, 2.05) is 13.8 Å². The van der Waals surface area contributed by atoms with Gasteiger partial charge in [-0.15, -0.1) is 0 Å². The van der Waals surface area contributed by atoms with Gasteiger partial charge in [-0.3, -0.25) is 9.69 Å². The molecule has 2 aliphatic rings. The number of cyclic esters (lactones) is 1. The van der Waals surface area contributed by atoms with Gasteiger partial charge in [-0.1, -0.05) is 0 Å². The van der Waals surface area contributed by atoms with E-state index in [1.165, 1.54) is 12.3 Å². The van der Waals surface area contributed by atoms with E-state index in [2.05, 4.69) is 4.98 Å². The Morgan fingerprint density at radius 3 is 2.65 bits per heavy atom. The molecular weight excluding hydrogens is 301 g/mol. The number of aromatic nitrogens is 1. The lowest BCUT2D eigenvalue weighted by atomic mass is 9.96. The lowest BCUT2D eigenvalue weighted by Crippen LogP contribution is -2.53. The molecule has 0 aromatic carbocycles. The Balaban J connectivity index is 1.66. The molecule has 6 nitrogen and oxygen atoms in total. The standard InChI is InChI=1S/C16H20FN3O3/c1-16(2)10-23-15(22)20(16)11-5-8-19(9-6-11)14(21)12-4-3-7-18-13(12)17/h3-4,7,11H,5-6,8-10H2,1-2H3. The molecule has 3 heterocycles. The third-order valence-electron chi connectivity index (χ3n) is 4.50. The maximum Gasteiger partial charge on any atom is 0.410 e. The molecule has 0 aliphatic carbocycles. The highest BCUT2D eigenvalue weighted by Gasteiger charge is 2.45. The number of pyridine rings is 1. The van der Waals surface area contributed by atoms with Gasteiger partial charge in [-0.05, 0) is 38.8 Å². The van der Waals surface area contributed by atoms with Gasteiger partial charge in [0, 0.05) is 25.3 Å². The lowest BCUT2D eigenvalue weighted by molar-refractivity contribution is 0.0584. The van der Waals surface area contributed by atoms with Crippen molar-refractivity contribution in [2.75, 3.05) is 19.7 Å². The maximum atomic E-state index is 13.6. The maximum absolute atomic E-state index is 13.6. The van der Waals surface area contributed by atoms with Gasteiger partial charge < -0.3 is 9.64 Å². The predicted octanol–water partition coefficient (Wildman–Crippen LogP) is 2.06. The molecule has 0 N–H and O–H groups in total. The van der Waals surface area contributed by atoms with Crippen LogP contribution in [-0.2, 0) is 4.74 Å². The summed E-state index contributed by atoms with van der Waals surface area (Å²) < 4.78 is 18.8. The third kappa shape index (κ3) is 2.87. The highest BCUT2D eigenvalue weighted by molar-refractivity contribution is 5.94. The lowest BCUT2D eigenvalue weighted by Gasteiger charge is -2.40. The van der Waals surface area contributed by atoms with Crippen LogP contribution in [0.3, 0.4) is 0 Å². The van der Waals surface area contributed by atoms with Gasteiger partial charge in [-0.2, -0.15) is 4.39 Å². The van der Waals surface area contributed by atoms with Crippen LogP contribution in [0.25, 0.3) is 0 Å². The number of carbonyl (C=O) groups excluding carboxylic acids is 2. The summed E-state index contributed by atoms with van der Waals surface area (Å²) in [5, 5.41) is 0. The predicted molar refractivity (Wildman–Crippen MR) is 80.4 cm³/mol. The summed E-state index contributed by atoms with van der Waals surface area (Å²) >= 11 is 0. The van der Waals surface area contributed by atoms with Crippen LogP contribution >= 0.6 is 0 Å². The number of rotatable bonds is 2. The second kappa shape index (κ2) is 5.79. The second-order valence-electron chi connectivity index (χ2n) is 6.60. The van der Waals surface area contributed by atoms with E-state index in [0.29, 0.717) is 32.5 Å². The summed E-state index contributed by atoms with van der Waals surface area (Å²) in [6.45, 7) is 5.29. The molecule has 0 radical (unpaired) electrons. The van der Waals surface area contributed by atoms with Crippen LogP contribution in [0.5, 0.6) is 0 Å². The summed E-state index contributed by atoms with van der Waals surface area (Å²) in [5.41, 5.74) is -0.338. The summed E-state index contributed by atoms with van der Waals surface area (Å²) in [6, 6.07) is 3.03. The van der Waals surface area contributed by atoms with Crippen molar-refractivity contribution < 1.29 is 18.7 Å². The first-order valence-corrected chi connectivity index (χ1v) is 7.76. The largest absolute Gasteiger partial charge is 0.447 e. The molecule has 0 spiro atoms. The fourth-order valence-corrected chi connectivity index (χ4v) is 3.31.